The predicted octanol–water partition coefficient (Wildman–Crippen LogP) is 3.39. The summed E-state index contributed by atoms with van der Waals surface area (Å²) in [4.78, 5) is 29.5. The number of alkyl halides is 3. The van der Waals surface area contributed by atoms with Gasteiger partial charge < -0.3 is 19.9 Å². The van der Waals surface area contributed by atoms with Gasteiger partial charge in [-0.3, -0.25) is 4.79 Å². The summed E-state index contributed by atoms with van der Waals surface area (Å²) in [6.07, 6.45) is -5.46. The van der Waals surface area contributed by atoms with Crippen LogP contribution in [-0.2, 0) is 28.7 Å². The lowest BCUT2D eigenvalue weighted by Gasteiger charge is -2.36. The van der Waals surface area contributed by atoms with Gasteiger partial charge in [0.15, 0.2) is 17.3 Å². The minimum absolute atomic E-state index is 0. The summed E-state index contributed by atoms with van der Waals surface area (Å²) in [5, 5.41) is 0. The van der Waals surface area contributed by atoms with Gasteiger partial charge in [0, 0.05) is 31.6 Å². The molecule has 0 saturated carbocycles. The van der Waals surface area contributed by atoms with E-state index in [0.29, 0.717) is 12.1 Å². The van der Waals surface area contributed by atoms with Crippen LogP contribution in [0.4, 0.5) is 26.3 Å². The van der Waals surface area contributed by atoms with Crippen molar-refractivity contribution >= 4 is 24.3 Å². The van der Waals surface area contributed by atoms with Crippen LogP contribution in [0.25, 0.3) is 0 Å². The number of aromatic nitrogens is 2. The SMILES string of the molecule is COC(=O)c1nc(C(F)(F)F)n2c1[C@@H](C)N(C(=O)CC(N)Cc1cc(F)c(F)cc1F)CC2.Cl. The number of amides is 1. The molecule has 0 radical (unpaired) electrons. The van der Waals surface area contributed by atoms with Crippen LogP contribution in [0.5, 0.6) is 0 Å². The minimum Gasteiger partial charge on any atom is -0.464 e. The highest BCUT2D eigenvalue weighted by molar-refractivity contribution is 5.89. The van der Waals surface area contributed by atoms with Crippen LogP contribution in [0.2, 0.25) is 0 Å². The number of esters is 1. The van der Waals surface area contributed by atoms with Gasteiger partial charge in [-0.1, -0.05) is 0 Å². The number of hydrogen-bond donors (Lipinski definition) is 1. The zero-order chi connectivity index (χ0) is 24.7. The fraction of sp³-hybridized carbons (Fsp3) is 0.450. The molecule has 1 amide bonds. The van der Waals surface area contributed by atoms with Gasteiger partial charge in [0.05, 0.1) is 18.8 Å². The van der Waals surface area contributed by atoms with Crippen molar-refractivity contribution in [2.45, 2.75) is 44.6 Å². The lowest BCUT2D eigenvalue weighted by molar-refractivity contribution is -0.148. The van der Waals surface area contributed by atoms with Crippen LogP contribution in [0.1, 0.15) is 47.0 Å². The number of carbonyl (C=O) groups excluding carboxylic acids is 2. The molecule has 34 heavy (non-hydrogen) atoms. The first-order valence-electron chi connectivity index (χ1n) is 9.79. The third-order valence-corrected chi connectivity index (χ3v) is 5.40. The molecule has 0 spiro atoms. The van der Waals surface area contributed by atoms with Gasteiger partial charge in [0.1, 0.15) is 5.82 Å². The second-order valence-corrected chi connectivity index (χ2v) is 7.60. The third kappa shape index (κ3) is 5.30. The molecule has 3 rings (SSSR count). The van der Waals surface area contributed by atoms with E-state index in [4.69, 9.17) is 5.73 Å². The molecule has 0 saturated heterocycles. The Morgan fingerprint density at radius 1 is 1.18 bits per heavy atom. The molecule has 0 aliphatic carbocycles. The van der Waals surface area contributed by atoms with Crippen molar-refractivity contribution in [2.75, 3.05) is 13.7 Å². The highest BCUT2D eigenvalue weighted by atomic mass is 35.5. The number of hydrogen-bond acceptors (Lipinski definition) is 5. The predicted molar refractivity (Wildman–Crippen MR) is 109 cm³/mol. The van der Waals surface area contributed by atoms with Crippen molar-refractivity contribution in [2.24, 2.45) is 5.73 Å². The van der Waals surface area contributed by atoms with E-state index in [-0.39, 0.29) is 49.6 Å². The van der Waals surface area contributed by atoms with Gasteiger partial charge in [-0.25, -0.2) is 22.9 Å². The van der Waals surface area contributed by atoms with E-state index < -0.39 is 59.1 Å². The second kappa shape index (κ2) is 10.2. The van der Waals surface area contributed by atoms with Crippen LogP contribution in [0.15, 0.2) is 12.1 Å². The van der Waals surface area contributed by atoms with Crippen LogP contribution in [0.3, 0.4) is 0 Å². The number of rotatable bonds is 5. The summed E-state index contributed by atoms with van der Waals surface area (Å²) in [6.45, 7) is 1.02. The van der Waals surface area contributed by atoms with Gasteiger partial charge in [-0.05, 0) is 25.0 Å². The van der Waals surface area contributed by atoms with E-state index in [2.05, 4.69) is 9.72 Å². The number of nitrogens with zero attached hydrogens (tertiary/aromatic N) is 3. The van der Waals surface area contributed by atoms with E-state index >= 15 is 0 Å². The van der Waals surface area contributed by atoms with Crippen LogP contribution < -0.4 is 5.73 Å². The van der Waals surface area contributed by atoms with Gasteiger partial charge in [-0.2, -0.15) is 13.2 Å². The van der Waals surface area contributed by atoms with Crippen molar-refractivity contribution in [3.63, 3.8) is 0 Å². The van der Waals surface area contributed by atoms with Gasteiger partial charge in [0.2, 0.25) is 11.7 Å². The summed E-state index contributed by atoms with van der Waals surface area (Å²) in [6, 6.07) is -0.934. The monoisotopic (exact) mass is 514 g/mol. The maximum absolute atomic E-state index is 13.9. The Hall–Kier alpha value is -2.80. The molecular weight excluding hydrogens is 494 g/mol. The molecule has 2 aromatic rings. The molecule has 1 unspecified atom stereocenters. The zero-order valence-electron chi connectivity index (χ0n) is 18.0. The maximum Gasteiger partial charge on any atom is 0.449 e. The van der Waals surface area contributed by atoms with E-state index in [0.717, 1.165) is 11.7 Å². The Balaban J connectivity index is 0.00000408. The number of methoxy groups -OCH3 is 1. The molecule has 1 aromatic heterocycles. The quantitative estimate of drug-likeness (QED) is 0.375. The topological polar surface area (TPSA) is 90.5 Å². The summed E-state index contributed by atoms with van der Waals surface area (Å²) >= 11 is 0. The molecule has 14 heteroatoms. The number of carbonyl (C=O) groups is 2. The molecule has 1 aromatic carbocycles. The summed E-state index contributed by atoms with van der Waals surface area (Å²) in [5.74, 6) is -6.58. The first kappa shape index (κ1) is 27.4. The van der Waals surface area contributed by atoms with Gasteiger partial charge in [0.25, 0.3) is 0 Å². The molecular formula is C20H21ClF6N4O3. The first-order valence-corrected chi connectivity index (χ1v) is 9.79. The molecule has 2 atom stereocenters. The van der Waals surface area contributed by atoms with E-state index in [1.165, 1.54) is 11.8 Å². The molecule has 2 N–H and O–H groups in total. The van der Waals surface area contributed by atoms with Crippen LogP contribution >= 0.6 is 12.4 Å². The number of benzene rings is 1. The normalized spacial score (nSPS) is 16.5. The molecule has 188 valence electrons. The van der Waals surface area contributed by atoms with Crippen molar-refractivity contribution < 1.29 is 40.7 Å². The number of halogens is 7. The number of imidazole rings is 1. The lowest BCUT2D eigenvalue weighted by atomic mass is 10.0. The molecule has 2 heterocycles. The van der Waals surface area contributed by atoms with Crippen LogP contribution in [0, 0.1) is 17.5 Å². The summed E-state index contributed by atoms with van der Waals surface area (Å²) < 4.78 is 85.9. The Morgan fingerprint density at radius 2 is 1.79 bits per heavy atom. The third-order valence-electron chi connectivity index (χ3n) is 5.40. The van der Waals surface area contributed by atoms with Gasteiger partial charge in [-0.15, -0.1) is 12.4 Å². The average molecular weight is 515 g/mol. The first-order chi connectivity index (χ1) is 15.3. The largest absolute Gasteiger partial charge is 0.464 e. The van der Waals surface area contributed by atoms with Crippen molar-refractivity contribution in [1.82, 2.24) is 14.5 Å². The van der Waals surface area contributed by atoms with Crippen molar-refractivity contribution in [3.05, 3.63) is 52.4 Å². The Labute approximate surface area is 196 Å². The van der Waals surface area contributed by atoms with E-state index in [1.807, 2.05) is 0 Å². The lowest BCUT2D eigenvalue weighted by Crippen LogP contribution is -2.44. The number of nitrogens with two attached hydrogens (primary N) is 1. The van der Waals surface area contributed by atoms with E-state index in [1.54, 1.807) is 0 Å². The molecule has 0 fully saturated rings. The standard InChI is InChI=1S/C20H20F6N4O3.ClH/c1-9-17-16(18(32)33-2)28-19(20(24,25)26)30(17)4-3-29(9)15(31)7-11(27)5-10-6-13(22)14(23)8-12(10)21;/h6,8-9,11H,3-5,7,27H2,1-2H3;1H/t9-,11?;/m1./s1. The number of ether oxygens (including phenoxy) is 1. The number of fused-ring (bicyclic) bond motifs is 1. The minimum atomic E-state index is -4.83. The average Bonchev–Trinajstić information content (AvgIpc) is 3.12. The highest BCUT2D eigenvalue weighted by Gasteiger charge is 2.44. The molecule has 7 nitrogen and oxygen atoms in total. The van der Waals surface area contributed by atoms with Crippen LogP contribution in [-0.4, -0.2) is 46.0 Å². The fourth-order valence-electron chi connectivity index (χ4n) is 3.88. The van der Waals surface area contributed by atoms with Gasteiger partial charge >= 0.3 is 12.1 Å². The molecule has 1 aliphatic rings. The highest BCUT2D eigenvalue weighted by Crippen LogP contribution is 2.36. The van der Waals surface area contributed by atoms with E-state index in [9.17, 15) is 35.9 Å². The fourth-order valence-corrected chi connectivity index (χ4v) is 3.88. The Morgan fingerprint density at radius 3 is 2.38 bits per heavy atom. The Kier molecular flexibility index (Phi) is 8.25. The molecule has 1 aliphatic heterocycles. The second-order valence-electron chi connectivity index (χ2n) is 7.60. The smallest absolute Gasteiger partial charge is 0.449 e. The zero-order valence-corrected chi connectivity index (χ0v) is 18.8. The van der Waals surface area contributed by atoms with Crippen molar-refractivity contribution in [1.29, 1.82) is 0 Å². The Bertz CT molecular complexity index is 1090. The van der Waals surface area contributed by atoms with Crippen molar-refractivity contribution in [3.8, 4) is 0 Å². The summed E-state index contributed by atoms with van der Waals surface area (Å²) in [7, 11) is 0.994. The molecule has 0 bridgehead atoms. The summed E-state index contributed by atoms with van der Waals surface area (Å²) in [5.41, 5.74) is 5.00. The maximum atomic E-state index is 13.9.